The van der Waals surface area contributed by atoms with Crippen LogP contribution in [-0.2, 0) is 6.18 Å². The summed E-state index contributed by atoms with van der Waals surface area (Å²) in [6.45, 7) is 0.0568. The van der Waals surface area contributed by atoms with Gasteiger partial charge in [0, 0.05) is 29.7 Å². The van der Waals surface area contributed by atoms with Gasteiger partial charge < -0.3 is 24.8 Å². The summed E-state index contributed by atoms with van der Waals surface area (Å²) >= 11 is 0. The molecule has 2 N–H and O–H groups in total. The Morgan fingerprint density at radius 3 is 2.38 bits per heavy atom. The molecule has 0 saturated heterocycles. The van der Waals surface area contributed by atoms with E-state index in [1.165, 1.54) is 0 Å². The van der Waals surface area contributed by atoms with Gasteiger partial charge in [-0.2, -0.15) is 18.2 Å². The Hall–Kier alpha value is -4.47. The molecule has 0 saturated carbocycles. The fourth-order valence-electron chi connectivity index (χ4n) is 3.25. The van der Waals surface area contributed by atoms with Crippen LogP contribution < -0.4 is 24.8 Å². The number of nitrogens with zero attached hydrogens (tertiary/aromatic N) is 2. The molecule has 0 unspecified atom stereocenters. The number of hydrogen-bond donors (Lipinski definition) is 2. The van der Waals surface area contributed by atoms with E-state index in [4.69, 9.17) is 14.2 Å². The summed E-state index contributed by atoms with van der Waals surface area (Å²) < 4.78 is 57.1. The van der Waals surface area contributed by atoms with Crippen molar-refractivity contribution in [3.8, 4) is 23.0 Å². The van der Waals surface area contributed by atoms with E-state index in [0.717, 1.165) is 6.20 Å². The number of aromatic nitrogens is 2. The second kappa shape index (κ2) is 8.81. The van der Waals surface area contributed by atoms with Gasteiger partial charge in [-0.15, -0.1) is 0 Å². The number of nitrogens with one attached hydrogen (secondary N) is 2. The summed E-state index contributed by atoms with van der Waals surface area (Å²) in [7, 11) is 0. The molecule has 1 aromatic heterocycles. The number of rotatable bonds is 6. The third kappa shape index (κ3) is 4.80. The van der Waals surface area contributed by atoms with Gasteiger partial charge in [-0.1, -0.05) is 24.3 Å². The molecule has 1 aliphatic rings. The van der Waals surface area contributed by atoms with Crippen LogP contribution in [0.25, 0.3) is 0 Å². The Kier molecular flexibility index (Phi) is 5.54. The lowest BCUT2D eigenvalue weighted by molar-refractivity contribution is -0.137. The van der Waals surface area contributed by atoms with E-state index in [9.17, 15) is 13.2 Å². The topological polar surface area (TPSA) is 77.5 Å². The Labute approximate surface area is 192 Å². The first-order valence-electron chi connectivity index (χ1n) is 10.1. The number of para-hydroxylation sites is 1. The molecule has 0 fully saturated rings. The molecule has 0 amide bonds. The largest absolute Gasteiger partial charge is 0.457 e. The normalized spacial score (nSPS) is 12.3. The minimum Gasteiger partial charge on any atom is -0.457 e. The molecule has 1 aliphatic heterocycles. The van der Waals surface area contributed by atoms with Crippen LogP contribution in [0.3, 0.4) is 0 Å². The van der Waals surface area contributed by atoms with E-state index in [1.54, 1.807) is 42.5 Å². The second-order valence-corrected chi connectivity index (χ2v) is 7.21. The van der Waals surface area contributed by atoms with Gasteiger partial charge in [-0.25, -0.2) is 4.98 Å². The van der Waals surface area contributed by atoms with Gasteiger partial charge in [-0.05, 0) is 36.4 Å². The smallest absolute Gasteiger partial charge is 0.421 e. The highest BCUT2D eigenvalue weighted by atomic mass is 19.4. The molecule has 0 aliphatic carbocycles. The zero-order valence-electron chi connectivity index (χ0n) is 17.5. The first-order chi connectivity index (χ1) is 16.4. The maximum atomic E-state index is 13.6. The van der Waals surface area contributed by atoms with Crippen molar-refractivity contribution in [1.29, 1.82) is 0 Å². The third-order valence-corrected chi connectivity index (χ3v) is 4.80. The molecule has 0 atom stereocenters. The van der Waals surface area contributed by atoms with Gasteiger partial charge in [0.2, 0.25) is 12.7 Å². The van der Waals surface area contributed by atoms with Crippen molar-refractivity contribution >= 4 is 23.1 Å². The number of anilines is 4. The standard InChI is InChI=1S/C24H17F3N4O3/c25-24(26,27)19-13-28-23(31-22(19)29-16-9-10-20-21(12-16)33-14-32-20)30-15-5-4-8-18(11-15)34-17-6-2-1-3-7-17/h1-13H,14H2,(H2,28,29,30,31). The molecule has 3 aromatic carbocycles. The van der Waals surface area contributed by atoms with E-state index >= 15 is 0 Å². The SMILES string of the molecule is FC(F)(F)c1cnc(Nc2cccc(Oc3ccccc3)c2)nc1Nc1ccc2c(c1)OCO2. The molecule has 0 radical (unpaired) electrons. The molecule has 34 heavy (non-hydrogen) atoms. The lowest BCUT2D eigenvalue weighted by Crippen LogP contribution is -2.12. The average molecular weight is 466 g/mol. The van der Waals surface area contributed by atoms with Crippen LogP contribution in [0.4, 0.5) is 36.3 Å². The molecule has 10 heteroatoms. The highest BCUT2D eigenvalue weighted by Crippen LogP contribution is 2.38. The summed E-state index contributed by atoms with van der Waals surface area (Å²) in [5, 5.41) is 5.63. The zero-order valence-corrected chi connectivity index (χ0v) is 17.5. The number of alkyl halides is 3. The molecule has 5 rings (SSSR count). The van der Waals surface area contributed by atoms with E-state index < -0.39 is 17.6 Å². The minimum absolute atomic E-state index is 0.0203. The van der Waals surface area contributed by atoms with Crippen molar-refractivity contribution in [1.82, 2.24) is 9.97 Å². The van der Waals surface area contributed by atoms with Crippen LogP contribution in [-0.4, -0.2) is 16.8 Å². The first kappa shape index (κ1) is 21.4. The van der Waals surface area contributed by atoms with Crippen molar-refractivity contribution < 1.29 is 27.4 Å². The third-order valence-electron chi connectivity index (χ3n) is 4.80. The van der Waals surface area contributed by atoms with Gasteiger partial charge in [0.05, 0.1) is 0 Å². The van der Waals surface area contributed by atoms with Crippen LogP contribution in [0.5, 0.6) is 23.0 Å². The number of hydrogen-bond acceptors (Lipinski definition) is 7. The van der Waals surface area contributed by atoms with Crippen LogP contribution in [0.1, 0.15) is 5.56 Å². The Morgan fingerprint density at radius 1 is 0.794 bits per heavy atom. The van der Waals surface area contributed by atoms with Crippen molar-refractivity contribution in [2.24, 2.45) is 0 Å². The van der Waals surface area contributed by atoms with Crippen molar-refractivity contribution in [3.05, 3.63) is 84.6 Å². The van der Waals surface area contributed by atoms with Gasteiger partial charge >= 0.3 is 6.18 Å². The van der Waals surface area contributed by atoms with Crippen molar-refractivity contribution in [2.75, 3.05) is 17.4 Å². The number of ether oxygens (including phenoxy) is 3. The van der Waals surface area contributed by atoms with Crippen LogP contribution in [0, 0.1) is 0 Å². The maximum absolute atomic E-state index is 13.6. The molecule has 172 valence electrons. The molecule has 4 aromatic rings. The lowest BCUT2D eigenvalue weighted by Gasteiger charge is -2.15. The fraction of sp³-hybridized carbons (Fsp3) is 0.0833. The van der Waals surface area contributed by atoms with Crippen molar-refractivity contribution in [2.45, 2.75) is 6.18 Å². The Morgan fingerprint density at radius 2 is 1.56 bits per heavy atom. The summed E-state index contributed by atoms with van der Waals surface area (Å²) in [5.74, 6) is 1.72. The molecular weight excluding hydrogens is 449 g/mol. The molecule has 0 spiro atoms. The summed E-state index contributed by atoms with van der Waals surface area (Å²) in [5.41, 5.74) is -0.100. The van der Waals surface area contributed by atoms with Gasteiger partial charge in [0.15, 0.2) is 11.5 Å². The van der Waals surface area contributed by atoms with Crippen LogP contribution in [0.15, 0.2) is 79.0 Å². The lowest BCUT2D eigenvalue weighted by atomic mass is 10.2. The Balaban J connectivity index is 1.40. The molecule has 0 bridgehead atoms. The summed E-state index contributed by atoms with van der Waals surface area (Å²) in [6, 6.07) is 20.9. The number of fused-ring (bicyclic) bond motifs is 1. The van der Waals surface area contributed by atoms with Crippen LogP contribution >= 0.6 is 0 Å². The first-order valence-corrected chi connectivity index (χ1v) is 10.1. The maximum Gasteiger partial charge on any atom is 0.421 e. The zero-order chi connectivity index (χ0) is 23.5. The Bertz CT molecular complexity index is 1320. The second-order valence-electron chi connectivity index (χ2n) is 7.21. The monoisotopic (exact) mass is 466 g/mol. The quantitative estimate of drug-likeness (QED) is 0.336. The van der Waals surface area contributed by atoms with Gasteiger partial charge in [-0.3, -0.25) is 0 Å². The van der Waals surface area contributed by atoms with Crippen molar-refractivity contribution in [3.63, 3.8) is 0 Å². The number of halogens is 3. The minimum atomic E-state index is -4.65. The van der Waals surface area contributed by atoms with Gasteiger partial charge in [0.25, 0.3) is 0 Å². The highest BCUT2D eigenvalue weighted by Gasteiger charge is 2.35. The molecule has 7 nitrogen and oxygen atoms in total. The molecular formula is C24H17F3N4O3. The average Bonchev–Trinajstić information content (AvgIpc) is 3.27. The van der Waals surface area contributed by atoms with Crippen LogP contribution in [0.2, 0.25) is 0 Å². The van der Waals surface area contributed by atoms with Gasteiger partial charge in [0.1, 0.15) is 22.9 Å². The number of benzene rings is 3. The predicted molar refractivity (Wildman–Crippen MR) is 119 cm³/mol. The van der Waals surface area contributed by atoms with E-state index in [1.807, 2.05) is 30.3 Å². The van der Waals surface area contributed by atoms with E-state index in [-0.39, 0.29) is 12.7 Å². The summed E-state index contributed by atoms with van der Waals surface area (Å²) in [4.78, 5) is 7.92. The fourth-order valence-corrected chi connectivity index (χ4v) is 3.25. The van der Waals surface area contributed by atoms with E-state index in [0.29, 0.717) is 34.4 Å². The molecule has 2 heterocycles. The van der Waals surface area contributed by atoms with E-state index in [2.05, 4.69) is 20.6 Å². The predicted octanol–water partition coefficient (Wildman–Crippen LogP) is 6.50. The highest BCUT2D eigenvalue weighted by molar-refractivity contribution is 5.66. The summed E-state index contributed by atoms with van der Waals surface area (Å²) in [6.07, 6.45) is -3.92.